The van der Waals surface area contributed by atoms with E-state index >= 15 is 0 Å². The van der Waals surface area contributed by atoms with Crippen LogP contribution in [0.25, 0.3) is 0 Å². The first-order valence-electron chi connectivity index (χ1n) is 7.26. The van der Waals surface area contributed by atoms with Crippen LogP contribution in [0.1, 0.15) is 40.5 Å². The molecule has 0 aliphatic heterocycles. The lowest BCUT2D eigenvalue weighted by Crippen LogP contribution is -2.42. The highest BCUT2D eigenvalue weighted by Gasteiger charge is 2.25. The molecule has 0 bridgehead atoms. The van der Waals surface area contributed by atoms with E-state index < -0.39 is 0 Å². The van der Waals surface area contributed by atoms with Gasteiger partial charge < -0.3 is 14.8 Å². The molecule has 0 spiro atoms. The molecule has 1 N–H and O–H groups in total. The van der Waals surface area contributed by atoms with Crippen molar-refractivity contribution in [1.82, 2.24) is 5.32 Å². The Morgan fingerprint density at radius 1 is 1.11 bits per heavy atom. The molecule has 1 aromatic rings. The van der Waals surface area contributed by atoms with Gasteiger partial charge in [-0.25, -0.2) is 0 Å². The van der Waals surface area contributed by atoms with Gasteiger partial charge in [0.15, 0.2) is 11.5 Å². The molecule has 1 aromatic carbocycles. The van der Waals surface area contributed by atoms with Crippen LogP contribution in [-0.4, -0.2) is 25.3 Å². The van der Waals surface area contributed by atoms with Gasteiger partial charge in [-0.15, -0.1) is 0 Å². The molecule has 0 radical (unpaired) electrons. The first kappa shape index (κ1) is 15.8. The van der Waals surface area contributed by atoms with Gasteiger partial charge in [0.05, 0.1) is 6.61 Å². The molecule has 0 saturated heterocycles. The van der Waals surface area contributed by atoms with Crippen molar-refractivity contribution in [2.45, 2.75) is 46.1 Å². The lowest BCUT2D eigenvalue weighted by atomic mass is 10.0. The Morgan fingerprint density at radius 3 is 2.37 bits per heavy atom. The summed E-state index contributed by atoms with van der Waals surface area (Å²) in [5, 5.41) is 3.43. The molecule has 0 aromatic heterocycles. The first-order valence-corrected chi connectivity index (χ1v) is 7.26. The minimum Gasteiger partial charge on any atom is -0.490 e. The third-order valence-corrected chi connectivity index (χ3v) is 3.18. The molecule has 3 nitrogen and oxygen atoms in total. The number of hydrogen-bond acceptors (Lipinski definition) is 3. The fourth-order valence-corrected chi connectivity index (χ4v) is 1.84. The van der Waals surface area contributed by atoms with E-state index in [1.165, 1.54) is 0 Å². The Balaban J connectivity index is 2.73. The van der Waals surface area contributed by atoms with Crippen molar-refractivity contribution < 1.29 is 9.47 Å². The van der Waals surface area contributed by atoms with Gasteiger partial charge in [0.1, 0.15) is 5.60 Å². The smallest absolute Gasteiger partial charge is 0.162 e. The van der Waals surface area contributed by atoms with Crippen LogP contribution in [0.4, 0.5) is 0 Å². The zero-order valence-electron chi connectivity index (χ0n) is 12.7. The van der Waals surface area contributed by atoms with Crippen molar-refractivity contribution in [2.24, 2.45) is 0 Å². The fraction of sp³-hybridized carbons (Fsp3) is 0.625. The van der Waals surface area contributed by atoms with Gasteiger partial charge in [-0.05, 0) is 45.4 Å². The van der Waals surface area contributed by atoms with Crippen LogP contribution in [-0.2, 0) is 0 Å². The molecular formula is C16H27NO2. The maximum absolute atomic E-state index is 6.19. The molecule has 19 heavy (non-hydrogen) atoms. The lowest BCUT2D eigenvalue weighted by Gasteiger charge is -2.30. The highest BCUT2D eigenvalue weighted by atomic mass is 16.5. The minimum atomic E-state index is -0.206. The predicted molar refractivity (Wildman–Crippen MR) is 80.1 cm³/mol. The summed E-state index contributed by atoms with van der Waals surface area (Å²) in [4.78, 5) is 0. The molecule has 1 atom stereocenters. The fourth-order valence-electron chi connectivity index (χ4n) is 1.84. The Labute approximate surface area is 117 Å². The Hall–Kier alpha value is -1.22. The van der Waals surface area contributed by atoms with Crippen LogP contribution >= 0.6 is 0 Å². The molecule has 0 heterocycles. The summed E-state index contributed by atoms with van der Waals surface area (Å²) in [5.74, 6) is 1.65. The van der Waals surface area contributed by atoms with Gasteiger partial charge in [0, 0.05) is 6.54 Å². The van der Waals surface area contributed by atoms with Gasteiger partial charge in [-0.3, -0.25) is 0 Å². The lowest BCUT2D eigenvalue weighted by molar-refractivity contribution is 0.0792. The third-order valence-electron chi connectivity index (χ3n) is 3.18. The first-order chi connectivity index (χ1) is 9.15. The van der Waals surface area contributed by atoms with Crippen LogP contribution in [0.2, 0.25) is 0 Å². The molecule has 0 amide bonds. The third kappa shape index (κ3) is 5.11. The summed E-state index contributed by atoms with van der Waals surface area (Å²) in [6.07, 6.45) is 2.08. The molecule has 3 heteroatoms. The second-order valence-corrected chi connectivity index (χ2v) is 4.96. The van der Waals surface area contributed by atoms with Crippen molar-refractivity contribution in [3.8, 4) is 11.5 Å². The zero-order chi connectivity index (χ0) is 14.1. The summed E-state index contributed by atoms with van der Waals surface area (Å²) in [6.45, 7) is 11.0. The Bertz CT molecular complexity index is 368. The molecule has 0 saturated carbocycles. The summed E-state index contributed by atoms with van der Waals surface area (Å²) in [7, 11) is 0. The van der Waals surface area contributed by atoms with E-state index in [9.17, 15) is 0 Å². The minimum absolute atomic E-state index is 0.206. The topological polar surface area (TPSA) is 30.5 Å². The SMILES string of the molecule is CCCNCC(C)(CC)Oc1ccccc1OCC. The van der Waals surface area contributed by atoms with Gasteiger partial charge in [-0.1, -0.05) is 26.0 Å². The largest absolute Gasteiger partial charge is 0.490 e. The van der Waals surface area contributed by atoms with Gasteiger partial charge in [0.2, 0.25) is 0 Å². The second kappa shape index (κ2) is 8.05. The van der Waals surface area contributed by atoms with Crippen LogP contribution in [0, 0.1) is 0 Å². The maximum Gasteiger partial charge on any atom is 0.162 e. The van der Waals surface area contributed by atoms with Gasteiger partial charge in [0.25, 0.3) is 0 Å². The zero-order valence-corrected chi connectivity index (χ0v) is 12.7. The molecule has 1 unspecified atom stereocenters. The number of benzene rings is 1. The Morgan fingerprint density at radius 2 is 1.79 bits per heavy atom. The molecule has 0 fully saturated rings. The maximum atomic E-state index is 6.19. The highest BCUT2D eigenvalue weighted by molar-refractivity contribution is 5.39. The normalized spacial score (nSPS) is 13.9. The second-order valence-electron chi connectivity index (χ2n) is 4.96. The average Bonchev–Trinajstić information content (AvgIpc) is 2.42. The van der Waals surface area contributed by atoms with Crippen molar-refractivity contribution >= 4 is 0 Å². The van der Waals surface area contributed by atoms with Crippen LogP contribution in [0.5, 0.6) is 11.5 Å². The van der Waals surface area contributed by atoms with E-state index in [0.29, 0.717) is 6.61 Å². The van der Waals surface area contributed by atoms with Gasteiger partial charge >= 0.3 is 0 Å². The van der Waals surface area contributed by atoms with Crippen LogP contribution in [0.15, 0.2) is 24.3 Å². The summed E-state index contributed by atoms with van der Waals surface area (Å²) >= 11 is 0. The van der Waals surface area contributed by atoms with E-state index in [-0.39, 0.29) is 5.60 Å². The van der Waals surface area contributed by atoms with E-state index in [1.54, 1.807) is 0 Å². The van der Waals surface area contributed by atoms with Crippen molar-refractivity contribution in [3.63, 3.8) is 0 Å². The summed E-state index contributed by atoms with van der Waals surface area (Å²) < 4.78 is 11.8. The summed E-state index contributed by atoms with van der Waals surface area (Å²) in [6, 6.07) is 7.87. The van der Waals surface area contributed by atoms with Crippen LogP contribution < -0.4 is 14.8 Å². The van der Waals surface area contributed by atoms with Crippen molar-refractivity contribution in [2.75, 3.05) is 19.7 Å². The predicted octanol–water partition coefficient (Wildman–Crippen LogP) is 3.63. The summed E-state index contributed by atoms with van der Waals surface area (Å²) in [5.41, 5.74) is -0.206. The molecule has 1 rings (SSSR count). The molecule has 108 valence electrons. The van der Waals surface area contributed by atoms with Crippen molar-refractivity contribution in [1.29, 1.82) is 0 Å². The monoisotopic (exact) mass is 265 g/mol. The van der Waals surface area contributed by atoms with E-state index in [0.717, 1.165) is 37.4 Å². The quantitative estimate of drug-likeness (QED) is 0.692. The van der Waals surface area contributed by atoms with E-state index in [4.69, 9.17) is 9.47 Å². The number of hydrogen-bond donors (Lipinski definition) is 1. The van der Waals surface area contributed by atoms with Crippen LogP contribution in [0.3, 0.4) is 0 Å². The molecule has 0 aliphatic carbocycles. The standard InChI is InChI=1S/C16H27NO2/c1-5-12-17-13-16(4,6-2)19-15-11-9-8-10-14(15)18-7-3/h8-11,17H,5-7,12-13H2,1-4H3. The van der Waals surface area contributed by atoms with Crippen molar-refractivity contribution in [3.05, 3.63) is 24.3 Å². The number of nitrogens with one attached hydrogen (secondary N) is 1. The van der Waals surface area contributed by atoms with E-state index in [2.05, 4.69) is 26.1 Å². The van der Waals surface area contributed by atoms with E-state index in [1.807, 2.05) is 31.2 Å². The Kier molecular flexibility index (Phi) is 6.71. The molecular weight excluding hydrogens is 238 g/mol. The number of para-hydroxylation sites is 2. The highest BCUT2D eigenvalue weighted by Crippen LogP contribution is 2.30. The number of rotatable bonds is 9. The average molecular weight is 265 g/mol. The molecule has 0 aliphatic rings. The van der Waals surface area contributed by atoms with Gasteiger partial charge in [-0.2, -0.15) is 0 Å². The number of ether oxygens (including phenoxy) is 2.